The Balaban J connectivity index is 2.69. The molecular weight excluding hydrogens is 1870 g/mol. The number of hydrogen-bond acceptors (Lipinski definition) is 16. The molecule has 0 aromatic carbocycles. The maximum atomic E-state index is 15.1. The van der Waals surface area contributed by atoms with E-state index in [1.165, 1.54) is 424 Å². The average molecular weight is 2120 g/mol. The molecule has 0 radical (unpaired) electrons. The lowest BCUT2D eigenvalue weighted by Crippen LogP contribution is -2.66. The Kier molecular flexibility index (Phi) is 93.1. The normalized spacial score (nSPS) is 20.1. The second-order valence-corrected chi connectivity index (χ2v) is 48.9. The van der Waals surface area contributed by atoms with E-state index in [1.807, 2.05) is 24.3 Å². The zero-order valence-electron chi connectivity index (χ0n) is 102. The van der Waals surface area contributed by atoms with E-state index in [2.05, 4.69) is 90.0 Å². The quantitative estimate of drug-likeness (QED) is 0.0223. The smallest absolute Gasteiger partial charge is 0.333 e. The van der Waals surface area contributed by atoms with Gasteiger partial charge in [0.1, 0.15) is 31.0 Å². The molecule has 2 saturated heterocycles. The fourth-order valence-corrected chi connectivity index (χ4v) is 23.4. The van der Waals surface area contributed by atoms with Crippen LogP contribution in [0.4, 0.5) is 0 Å². The lowest BCUT2D eigenvalue weighted by atomic mass is 9.91. The molecule has 0 amide bonds. The minimum absolute atomic E-state index is 0.00151. The molecule has 150 heavy (non-hydrogen) atoms. The first-order chi connectivity index (χ1) is 72.7. The average Bonchev–Trinajstić information content (AvgIpc) is 0.768. The molecule has 2 aliphatic heterocycles. The van der Waals surface area contributed by atoms with E-state index in [4.69, 9.17) is 37.9 Å². The van der Waals surface area contributed by atoms with Crippen LogP contribution in [0.25, 0.3) is 0 Å². The summed E-state index contributed by atoms with van der Waals surface area (Å²) in [4.78, 5) is 74.2. The lowest BCUT2D eigenvalue weighted by Gasteiger charge is -2.47. The Labute approximate surface area is 927 Å². The van der Waals surface area contributed by atoms with Crippen LogP contribution < -0.4 is 0 Å². The first-order valence-corrected chi connectivity index (χ1v) is 65.4. The summed E-state index contributed by atoms with van der Waals surface area (Å²) in [5.41, 5.74) is 1.18. The summed E-state index contributed by atoms with van der Waals surface area (Å²) < 4.78 is 52.3. The van der Waals surface area contributed by atoms with Crippen molar-refractivity contribution in [3.63, 3.8) is 0 Å². The van der Waals surface area contributed by atoms with Crippen molar-refractivity contribution in [2.75, 3.05) is 13.2 Å². The number of allylic oxidation sites excluding steroid dienone is 4. The third kappa shape index (κ3) is 76.7. The van der Waals surface area contributed by atoms with Crippen LogP contribution in [0.5, 0.6) is 0 Å². The highest BCUT2D eigenvalue weighted by Gasteiger charge is 2.56. The Morgan fingerprint density at radius 2 is 0.453 bits per heavy atom. The predicted molar refractivity (Wildman–Crippen MR) is 633 cm³/mol. The van der Waals surface area contributed by atoms with E-state index in [9.17, 15) is 29.7 Å². The maximum Gasteiger partial charge on any atom is 0.333 e. The summed E-state index contributed by atoms with van der Waals surface area (Å²) in [6.07, 6.45) is 93.8. The Morgan fingerprint density at radius 1 is 0.247 bits per heavy atom. The van der Waals surface area contributed by atoms with Crippen molar-refractivity contribution in [3.05, 3.63) is 46.6 Å². The second kappa shape index (κ2) is 98.2. The van der Waals surface area contributed by atoms with Gasteiger partial charge in [0, 0.05) is 28.7 Å². The monoisotopic (exact) mass is 2110 g/mol. The summed E-state index contributed by atoms with van der Waals surface area (Å²) in [5, 5.41) is 37.6. The molecule has 2 aliphatic rings. The van der Waals surface area contributed by atoms with Crippen LogP contribution >= 0.6 is 0 Å². The molecule has 0 aromatic heterocycles. The maximum absolute atomic E-state index is 15.1. The number of hydrogen-bond donors (Lipinski definition) is 3. The number of unbranched alkanes of at least 4 members (excludes halogenated alkanes) is 70. The molecule has 2 fully saturated rings. The molecule has 4 unspecified atom stereocenters. The van der Waals surface area contributed by atoms with E-state index in [-0.39, 0.29) is 41.2 Å². The highest BCUT2D eigenvalue weighted by atomic mass is 16.8. The van der Waals surface area contributed by atoms with Gasteiger partial charge in [-0.15, -0.1) is 0 Å². The highest BCUT2D eigenvalue weighted by molar-refractivity contribution is 5.89. The van der Waals surface area contributed by atoms with Crippen molar-refractivity contribution < 1.29 is 77.2 Å². The van der Waals surface area contributed by atoms with Gasteiger partial charge >= 0.3 is 29.8 Å². The summed E-state index contributed by atoms with van der Waals surface area (Å²) in [6.45, 7) is 34.2. The number of carbonyl (C=O) groups is 5. The molecular formula is C134H248O16. The van der Waals surface area contributed by atoms with Crippen molar-refractivity contribution in [2.24, 2.45) is 47.3 Å². The van der Waals surface area contributed by atoms with E-state index in [1.54, 1.807) is 27.7 Å². The van der Waals surface area contributed by atoms with Crippen molar-refractivity contribution >= 4 is 29.8 Å². The van der Waals surface area contributed by atoms with Crippen LogP contribution in [0, 0.1) is 47.3 Å². The van der Waals surface area contributed by atoms with Gasteiger partial charge in [-0.3, -0.25) is 4.79 Å². The molecule has 880 valence electrons. The fraction of sp³-hybridized carbons (Fsp3) is 0.903. The fourth-order valence-electron chi connectivity index (χ4n) is 23.4. The van der Waals surface area contributed by atoms with Gasteiger partial charge in [0.25, 0.3) is 0 Å². The Bertz CT molecular complexity index is 3270. The summed E-state index contributed by atoms with van der Waals surface area (Å²) >= 11 is 0. The van der Waals surface area contributed by atoms with Crippen LogP contribution in [0.3, 0.4) is 0 Å². The number of rotatable bonds is 105. The third-order valence-corrected chi connectivity index (χ3v) is 32.8. The van der Waals surface area contributed by atoms with E-state index < -0.39 is 104 Å². The van der Waals surface area contributed by atoms with Crippen molar-refractivity contribution in [3.8, 4) is 0 Å². The molecule has 0 aliphatic carbocycles. The molecule has 16 heteroatoms. The standard InChI is InChI=1S/C134H248O16/c1-18-23-28-33-38-43-48-53-57-59-60-62-67-71-76-81-86-91-96-111(9)101-115(13)105-119(17)132(142)149-127-124(138)125(147-130(140)117(15)103-113(11)99-109(7)94-89-84-79-73-68-64-55-50-45-40-35-30-25-20-3)120(106-135)144-133(127)150-134-128(146-122(136)97-92-87-82-77-72-63-52-47-42-37-32-27-22-5)126(148-131(141)118(16)104-114(12)100-110(8)95-90-85-80-74-69-65-56-51-46-41-36-31-26-21-4)123(137)121(145-134)107-143-129(139)116(14)102-112(10)98-108(6)93-88-83-78-75-70-66-61-58-54-49-44-39-34-29-24-19-2/h102-105,108-115,120-121,123-128,133-135,137-138H,18-101,106-107H2,1-17H3/b116-102+,117-103+,118-104+,119-105+/t108-,109-,110-,111-,112-,113-,114-,115-,120?,121?,123+,124?,125+,126?,127-,128+,133+,134+/m0/s1. The van der Waals surface area contributed by atoms with Crippen molar-refractivity contribution in [1.82, 2.24) is 0 Å². The van der Waals surface area contributed by atoms with Crippen LogP contribution in [-0.4, -0.2) is 120 Å². The molecule has 2 heterocycles. The van der Waals surface area contributed by atoms with Crippen LogP contribution in [-0.2, 0) is 61.9 Å². The Morgan fingerprint density at radius 3 is 0.700 bits per heavy atom. The predicted octanol–water partition coefficient (Wildman–Crippen LogP) is 39.1. The van der Waals surface area contributed by atoms with Gasteiger partial charge in [-0.05, 0) is 107 Å². The molecule has 3 N–H and O–H groups in total. The number of carbonyl (C=O) groups excluding carboxylic acids is 5. The zero-order valence-corrected chi connectivity index (χ0v) is 102. The largest absolute Gasteiger partial charge is 0.459 e. The SMILES string of the molecule is CCCCCCCCCCCCCCCCCCCC[C@H](C)C[C@H](C)/C=C(\C)C(=O)O[C@H]1C(O)[C@H](OC(=O)/C(C)=C/[C@@H](C)C[C@@H](C)CCCCCCCCCCCCCCCC)C(CO)O[C@@H]1O[C@H]1OC(COC(=O)/C(C)=C/[C@@H](C)C[C@@H](C)CCCCCCCCCCCCCCCCCC)[C@@H](O)C(OC(=O)/C(C)=C/[C@@H](C)C[C@@H](C)CCCCCCCCCCCCCCCC)[C@H]1OC(=O)CCCCCCCCCCCCCCC. The molecule has 16 nitrogen and oxygen atoms in total. The van der Waals surface area contributed by atoms with Gasteiger partial charge in [0.15, 0.2) is 24.4 Å². The molecule has 2 rings (SSSR count). The lowest BCUT2D eigenvalue weighted by molar-refractivity contribution is -0.377. The molecule has 0 spiro atoms. The molecule has 0 aromatic rings. The van der Waals surface area contributed by atoms with Gasteiger partial charge < -0.3 is 53.2 Å². The summed E-state index contributed by atoms with van der Waals surface area (Å²) in [6, 6.07) is 0. The van der Waals surface area contributed by atoms with Gasteiger partial charge in [0.2, 0.25) is 12.6 Å². The molecule has 18 atom stereocenters. The Hall–Kier alpha value is -3.93. The summed E-state index contributed by atoms with van der Waals surface area (Å²) in [7, 11) is 0. The minimum atomic E-state index is -1.92. The number of esters is 5. The molecule has 0 saturated carbocycles. The van der Waals surface area contributed by atoms with Crippen molar-refractivity contribution in [1.29, 1.82) is 0 Å². The minimum Gasteiger partial charge on any atom is -0.459 e. The zero-order chi connectivity index (χ0) is 110. The summed E-state index contributed by atoms with van der Waals surface area (Å²) in [5.74, 6) is -2.17. The van der Waals surface area contributed by atoms with Gasteiger partial charge in [0.05, 0.1) is 6.61 Å². The van der Waals surface area contributed by atoms with Crippen LogP contribution in [0.1, 0.15) is 657 Å². The van der Waals surface area contributed by atoms with E-state index in [0.29, 0.717) is 41.2 Å². The number of aliphatic hydroxyl groups excluding tert-OH is 3. The first kappa shape index (κ1) is 142. The topological polar surface area (TPSA) is 220 Å². The third-order valence-electron chi connectivity index (χ3n) is 32.8. The van der Waals surface area contributed by atoms with Gasteiger partial charge in [-0.25, -0.2) is 19.2 Å². The molecule has 0 bridgehead atoms. The van der Waals surface area contributed by atoms with Gasteiger partial charge in [-0.2, -0.15) is 0 Å². The first-order valence-electron chi connectivity index (χ1n) is 65.4. The van der Waals surface area contributed by atoms with Crippen LogP contribution in [0.2, 0.25) is 0 Å². The van der Waals surface area contributed by atoms with Gasteiger partial charge in [-0.1, -0.05) is 615 Å². The highest BCUT2D eigenvalue weighted by Crippen LogP contribution is 2.38. The van der Waals surface area contributed by atoms with Crippen LogP contribution in [0.15, 0.2) is 46.6 Å². The van der Waals surface area contributed by atoms with E-state index in [0.717, 1.165) is 103 Å². The second-order valence-electron chi connectivity index (χ2n) is 48.9. The van der Waals surface area contributed by atoms with Crippen molar-refractivity contribution in [2.45, 2.75) is 718 Å². The number of aliphatic hydroxyl groups is 3. The number of ether oxygens (including phenoxy) is 8. The van der Waals surface area contributed by atoms with E-state index >= 15 is 9.59 Å².